The van der Waals surface area contributed by atoms with Crippen molar-refractivity contribution in [2.24, 2.45) is 0 Å². The molecule has 1 rings (SSSR count). The van der Waals surface area contributed by atoms with Gasteiger partial charge in [0, 0.05) is 12.6 Å². The van der Waals surface area contributed by atoms with E-state index in [1.54, 1.807) is 0 Å². The minimum atomic E-state index is -0.235. The minimum absolute atomic E-state index is 0.0502. The number of likely N-dealkylation sites (N-methyl/N-ethyl adjacent to an activating group) is 1. The van der Waals surface area contributed by atoms with Crippen LogP contribution in [0.4, 0.5) is 0 Å². The molecule has 0 aromatic heterocycles. The largest absolute Gasteiger partial charge is 0.469 e. The Balaban J connectivity index is 2.18. The fourth-order valence-electron chi connectivity index (χ4n) is 1.40. The number of carbonyl (C=O) groups excluding carboxylic acids is 2. The molecule has 0 unspecified atom stereocenters. The van der Waals surface area contributed by atoms with Crippen LogP contribution >= 0.6 is 0 Å². The number of nitrogens with one attached hydrogen (secondary N) is 1. The van der Waals surface area contributed by atoms with Crippen molar-refractivity contribution in [2.45, 2.75) is 32.2 Å². The molecule has 1 aliphatic carbocycles. The number of hydrogen-bond donors (Lipinski definition) is 1. The Hall–Kier alpha value is -1.10. The van der Waals surface area contributed by atoms with Crippen LogP contribution in [0.25, 0.3) is 0 Å². The van der Waals surface area contributed by atoms with Crippen molar-refractivity contribution in [1.29, 1.82) is 0 Å². The van der Waals surface area contributed by atoms with Crippen LogP contribution in [0.1, 0.15) is 26.2 Å². The van der Waals surface area contributed by atoms with E-state index in [9.17, 15) is 9.59 Å². The number of carbonyl (C=O) groups is 2. The fourth-order valence-corrected chi connectivity index (χ4v) is 1.40. The second-order valence-corrected chi connectivity index (χ2v) is 4.04. The van der Waals surface area contributed by atoms with Gasteiger partial charge >= 0.3 is 5.97 Å². The van der Waals surface area contributed by atoms with E-state index >= 15 is 0 Å². The lowest BCUT2D eigenvalue weighted by molar-refractivity contribution is -0.141. The lowest BCUT2D eigenvalue weighted by Crippen LogP contribution is -2.39. The SMILES string of the molecule is CCN(CCC(=O)OC)CC(=O)NC1CC1. The minimum Gasteiger partial charge on any atom is -0.469 e. The summed E-state index contributed by atoms with van der Waals surface area (Å²) in [6.07, 6.45) is 2.53. The number of esters is 1. The summed E-state index contributed by atoms with van der Waals surface area (Å²) >= 11 is 0. The third-order valence-electron chi connectivity index (χ3n) is 2.62. The van der Waals surface area contributed by atoms with E-state index in [2.05, 4.69) is 10.1 Å². The van der Waals surface area contributed by atoms with Crippen molar-refractivity contribution >= 4 is 11.9 Å². The first-order chi connectivity index (χ1) is 7.65. The van der Waals surface area contributed by atoms with Crippen LogP contribution in [0.5, 0.6) is 0 Å². The van der Waals surface area contributed by atoms with Crippen molar-refractivity contribution < 1.29 is 14.3 Å². The van der Waals surface area contributed by atoms with Crippen molar-refractivity contribution in [3.05, 3.63) is 0 Å². The predicted octanol–water partition coefficient (Wildman–Crippen LogP) is 0.150. The first kappa shape index (κ1) is 13.0. The van der Waals surface area contributed by atoms with E-state index in [0.29, 0.717) is 25.6 Å². The molecule has 1 saturated carbocycles. The zero-order chi connectivity index (χ0) is 12.0. The molecule has 0 aromatic rings. The van der Waals surface area contributed by atoms with Gasteiger partial charge in [0.05, 0.1) is 20.1 Å². The lowest BCUT2D eigenvalue weighted by atomic mass is 10.3. The molecule has 16 heavy (non-hydrogen) atoms. The Kier molecular flexibility index (Phi) is 5.25. The highest BCUT2D eigenvalue weighted by molar-refractivity contribution is 5.78. The van der Waals surface area contributed by atoms with Crippen molar-refractivity contribution in [3.8, 4) is 0 Å². The number of ether oxygens (including phenoxy) is 1. The van der Waals surface area contributed by atoms with Gasteiger partial charge in [-0.1, -0.05) is 6.92 Å². The molecule has 0 heterocycles. The summed E-state index contributed by atoms with van der Waals surface area (Å²) in [7, 11) is 1.37. The van der Waals surface area contributed by atoms with Crippen LogP contribution in [0.3, 0.4) is 0 Å². The summed E-state index contributed by atoms with van der Waals surface area (Å²) in [6.45, 7) is 3.67. The van der Waals surface area contributed by atoms with Crippen LogP contribution in [0.15, 0.2) is 0 Å². The fraction of sp³-hybridized carbons (Fsp3) is 0.818. The van der Waals surface area contributed by atoms with Crippen LogP contribution in [0.2, 0.25) is 0 Å². The Labute approximate surface area is 96.1 Å². The quantitative estimate of drug-likeness (QED) is 0.630. The normalized spacial score (nSPS) is 14.9. The Morgan fingerprint density at radius 3 is 2.62 bits per heavy atom. The van der Waals surface area contributed by atoms with E-state index in [1.165, 1.54) is 7.11 Å². The van der Waals surface area contributed by atoms with Crippen LogP contribution in [-0.2, 0) is 14.3 Å². The maximum atomic E-state index is 11.5. The molecular formula is C11H20N2O3. The molecule has 5 nitrogen and oxygen atoms in total. The first-order valence-corrected chi connectivity index (χ1v) is 5.74. The average Bonchev–Trinajstić information content (AvgIpc) is 3.07. The molecule has 1 fully saturated rings. The molecule has 0 saturated heterocycles. The second-order valence-electron chi connectivity index (χ2n) is 4.04. The topological polar surface area (TPSA) is 58.6 Å². The molecule has 0 spiro atoms. The van der Waals surface area contributed by atoms with Gasteiger partial charge in [-0.2, -0.15) is 0 Å². The number of hydrogen-bond acceptors (Lipinski definition) is 4. The zero-order valence-electron chi connectivity index (χ0n) is 9.99. The van der Waals surface area contributed by atoms with Gasteiger partial charge in [0.1, 0.15) is 0 Å². The highest BCUT2D eigenvalue weighted by Gasteiger charge is 2.23. The van der Waals surface area contributed by atoms with Crippen LogP contribution in [0, 0.1) is 0 Å². The summed E-state index contributed by atoms with van der Waals surface area (Å²) in [4.78, 5) is 24.4. The molecule has 0 aliphatic heterocycles. The summed E-state index contributed by atoms with van der Waals surface area (Å²) in [6, 6.07) is 0.395. The third-order valence-corrected chi connectivity index (χ3v) is 2.62. The van der Waals surface area contributed by atoms with E-state index in [-0.39, 0.29) is 11.9 Å². The smallest absolute Gasteiger partial charge is 0.306 e. The highest BCUT2D eigenvalue weighted by Crippen LogP contribution is 2.18. The Bertz CT molecular complexity index is 252. The molecule has 1 amide bonds. The van der Waals surface area contributed by atoms with Gasteiger partial charge in [0.2, 0.25) is 5.91 Å². The number of nitrogens with zero attached hydrogens (tertiary/aromatic N) is 1. The van der Waals surface area contributed by atoms with Gasteiger partial charge in [-0.3, -0.25) is 14.5 Å². The van der Waals surface area contributed by atoms with Crippen molar-refractivity contribution in [3.63, 3.8) is 0 Å². The average molecular weight is 228 g/mol. The van der Waals surface area contributed by atoms with Gasteiger partial charge in [0.15, 0.2) is 0 Å². The van der Waals surface area contributed by atoms with Gasteiger partial charge in [-0.15, -0.1) is 0 Å². The Morgan fingerprint density at radius 2 is 2.12 bits per heavy atom. The lowest BCUT2D eigenvalue weighted by Gasteiger charge is -2.18. The number of amides is 1. The molecule has 0 aromatic carbocycles. The van der Waals surface area contributed by atoms with Gasteiger partial charge in [-0.25, -0.2) is 0 Å². The van der Waals surface area contributed by atoms with Crippen LogP contribution in [-0.4, -0.2) is 49.6 Å². The molecule has 0 bridgehead atoms. The third kappa shape index (κ3) is 5.11. The molecule has 92 valence electrons. The van der Waals surface area contributed by atoms with Gasteiger partial charge < -0.3 is 10.1 Å². The summed E-state index contributed by atoms with van der Waals surface area (Å²) in [5.74, 6) is -0.185. The second kappa shape index (κ2) is 6.48. The number of methoxy groups -OCH3 is 1. The summed E-state index contributed by atoms with van der Waals surface area (Å²) in [5.41, 5.74) is 0. The molecule has 5 heteroatoms. The summed E-state index contributed by atoms with van der Waals surface area (Å²) < 4.78 is 4.56. The standard InChI is InChI=1S/C11H20N2O3/c1-3-13(7-6-11(15)16-2)8-10(14)12-9-4-5-9/h9H,3-8H2,1-2H3,(H,12,14). The molecule has 1 N–H and O–H groups in total. The van der Waals surface area contributed by atoms with Crippen molar-refractivity contribution in [1.82, 2.24) is 10.2 Å². The Morgan fingerprint density at radius 1 is 1.44 bits per heavy atom. The van der Waals surface area contributed by atoms with Gasteiger partial charge in [0.25, 0.3) is 0 Å². The van der Waals surface area contributed by atoms with Gasteiger partial charge in [-0.05, 0) is 19.4 Å². The molecular weight excluding hydrogens is 208 g/mol. The highest BCUT2D eigenvalue weighted by atomic mass is 16.5. The van der Waals surface area contributed by atoms with E-state index in [0.717, 1.165) is 19.4 Å². The zero-order valence-corrected chi connectivity index (χ0v) is 9.99. The van der Waals surface area contributed by atoms with Crippen molar-refractivity contribution in [2.75, 3.05) is 26.7 Å². The monoisotopic (exact) mass is 228 g/mol. The van der Waals surface area contributed by atoms with Crippen LogP contribution < -0.4 is 5.32 Å². The first-order valence-electron chi connectivity index (χ1n) is 5.74. The maximum absolute atomic E-state index is 11.5. The maximum Gasteiger partial charge on any atom is 0.306 e. The number of rotatable bonds is 7. The predicted molar refractivity (Wildman–Crippen MR) is 59.9 cm³/mol. The molecule has 0 radical (unpaired) electrons. The summed E-state index contributed by atoms with van der Waals surface area (Å²) in [5, 5.41) is 2.92. The van der Waals surface area contributed by atoms with E-state index < -0.39 is 0 Å². The van der Waals surface area contributed by atoms with E-state index in [4.69, 9.17) is 0 Å². The molecule has 0 atom stereocenters. The van der Waals surface area contributed by atoms with E-state index in [1.807, 2.05) is 11.8 Å². The molecule has 1 aliphatic rings.